The fourth-order valence-corrected chi connectivity index (χ4v) is 2.06. The van der Waals surface area contributed by atoms with E-state index < -0.39 is 0 Å². The molecule has 3 heteroatoms. The van der Waals surface area contributed by atoms with Crippen molar-refractivity contribution < 1.29 is 0 Å². The maximum absolute atomic E-state index is 5.48. The molecule has 1 aliphatic rings. The zero-order valence-electron chi connectivity index (χ0n) is 9.87. The minimum absolute atomic E-state index is 0.666. The molecule has 0 aromatic rings. The molecular weight excluding hydrogens is 204 g/mol. The van der Waals surface area contributed by atoms with Gasteiger partial charge in [-0.2, -0.15) is 0 Å². The van der Waals surface area contributed by atoms with E-state index in [1.165, 1.54) is 45.3 Å². The Balaban J connectivity index is 2.04. The lowest BCUT2D eigenvalue weighted by Crippen LogP contribution is -2.28. The number of nitrogens with two attached hydrogens (primary N) is 1. The zero-order valence-corrected chi connectivity index (χ0v) is 10.7. The first-order chi connectivity index (χ1) is 7.22. The van der Waals surface area contributed by atoms with E-state index in [2.05, 4.69) is 11.8 Å². The van der Waals surface area contributed by atoms with Crippen molar-refractivity contribution in [1.29, 1.82) is 0 Å². The van der Waals surface area contributed by atoms with Crippen LogP contribution in [0.3, 0.4) is 0 Å². The highest BCUT2D eigenvalue weighted by Crippen LogP contribution is 2.29. The summed E-state index contributed by atoms with van der Waals surface area (Å²) in [5, 5.41) is 0. The number of rotatable bonds is 9. The molecule has 0 aromatic heterocycles. The lowest BCUT2D eigenvalue weighted by atomic mass is 10.2. The average Bonchev–Trinajstić information content (AvgIpc) is 2.96. The number of nitrogens with zero attached hydrogens (tertiary/aromatic N) is 1. The van der Waals surface area contributed by atoms with Gasteiger partial charge < -0.3 is 10.6 Å². The van der Waals surface area contributed by atoms with E-state index in [4.69, 9.17) is 18.0 Å². The lowest BCUT2D eigenvalue weighted by molar-refractivity contribution is 0.258. The van der Waals surface area contributed by atoms with Crippen LogP contribution in [0.25, 0.3) is 0 Å². The normalized spacial score (nSPS) is 15.9. The molecule has 0 bridgehead atoms. The van der Waals surface area contributed by atoms with Gasteiger partial charge in [-0.1, -0.05) is 19.1 Å². The van der Waals surface area contributed by atoms with Gasteiger partial charge in [0.15, 0.2) is 0 Å². The number of thiocarbonyl (C=S) groups is 1. The van der Waals surface area contributed by atoms with Gasteiger partial charge in [-0.25, -0.2) is 0 Å². The standard InChI is InChI=1S/C12H24N2S/c1-2-8-14(10-11-6-7-11)9-4-3-5-12(13)15/h11H,2-10H2,1H3,(H2,13,15). The minimum Gasteiger partial charge on any atom is -0.393 e. The van der Waals surface area contributed by atoms with Crippen molar-refractivity contribution in [3.05, 3.63) is 0 Å². The summed E-state index contributed by atoms with van der Waals surface area (Å²) in [6.07, 6.45) is 7.48. The summed E-state index contributed by atoms with van der Waals surface area (Å²) in [5.74, 6) is 1.01. The molecule has 0 saturated heterocycles. The molecule has 1 fully saturated rings. The van der Waals surface area contributed by atoms with Crippen LogP contribution in [0, 0.1) is 5.92 Å². The van der Waals surface area contributed by atoms with Crippen molar-refractivity contribution in [2.45, 2.75) is 45.4 Å². The highest BCUT2D eigenvalue weighted by molar-refractivity contribution is 7.80. The van der Waals surface area contributed by atoms with Crippen LogP contribution in [-0.4, -0.2) is 29.5 Å². The zero-order chi connectivity index (χ0) is 11.1. The third kappa shape index (κ3) is 6.85. The third-order valence-corrected chi connectivity index (χ3v) is 3.10. The molecule has 2 N–H and O–H groups in total. The van der Waals surface area contributed by atoms with E-state index in [-0.39, 0.29) is 0 Å². The molecule has 0 amide bonds. The van der Waals surface area contributed by atoms with Crippen LogP contribution in [0.15, 0.2) is 0 Å². The Kier molecular flexibility index (Phi) is 6.18. The smallest absolute Gasteiger partial charge is 0.0727 e. The summed E-state index contributed by atoms with van der Waals surface area (Å²) < 4.78 is 0. The molecule has 0 aliphatic heterocycles. The van der Waals surface area contributed by atoms with Crippen molar-refractivity contribution in [3.63, 3.8) is 0 Å². The van der Waals surface area contributed by atoms with E-state index in [9.17, 15) is 0 Å². The first kappa shape index (κ1) is 12.9. The molecule has 88 valence electrons. The number of unbranched alkanes of at least 4 members (excludes halogenated alkanes) is 1. The molecule has 0 atom stereocenters. The molecule has 1 saturated carbocycles. The van der Waals surface area contributed by atoms with E-state index in [0.717, 1.165) is 18.8 Å². The molecule has 0 radical (unpaired) electrons. The monoisotopic (exact) mass is 228 g/mol. The maximum atomic E-state index is 5.48. The maximum Gasteiger partial charge on any atom is 0.0727 e. The van der Waals surface area contributed by atoms with Gasteiger partial charge in [0.05, 0.1) is 4.99 Å². The van der Waals surface area contributed by atoms with Gasteiger partial charge in [0.25, 0.3) is 0 Å². The second-order valence-electron chi connectivity index (χ2n) is 4.67. The summed E-state index contributed by atoms with van der Waals surface area (Å²) in [6, 6.07) is 0. The van der Waals surface area contributed by atoms with E-state index in [0.29, 0.717) is 4.99 Å². The van der Waals surface area contributed by atoms with Crippen molar-refractivity contribution in [3.8, 4) is 0 Å². The molecule has 0 heterocycles. The highest BCUT2D eigenvalue weighted by atomic mass is 32.1. The van der Waals surface area contributed by atoms with Crippen LogP contribution in [0.5, 0.6) is 0 Å². The van der Waals surface area contributed by atoms with Crippen molar-refractivity contribution >= 4 is 17.2 Å². The second kappa shape index (κ2) is 7.18. The Bertz CT molecular complexity index is 190. The van der Waals surface area contributed by atoms with Gasteiger partial charge in [0.1, 0.15) is 0 Å². The Morgan fingerprint density at radius 2 is 2.07 bits per heavy atom. The van der Waals surface area contributed by atoms with Crippen LogP contribution in [0.2, 0.25) is 0 Å². The van der Waals surface area contributed by atoms with E-state index in [1.54, 1.807) is 0 Å². The molecule has 15 heavy (non-hydrogen) atoms. The molecule has 0 unspecified atom stereocenters. The van der Waals surface area contributed by atoms with Crippen LogP contribution < -0.4 is 5.73 Å². The minimum atomic E-state index is 0.666. The predicted octanol–water partition coefficient (Wildman–Crippen LogP) is 2.56. The Morgan fingerprint density at radius 1 is 1.33 bits per heavy atom. The molecular formula is C12H24N2S. The first-order valence-electron chi connectivity index (χ1n) is 6.23. The van der Waals surface area contributed by atoms with Crippen molar-refractivity contribution in [2.75, 3.05) is 19.6 Å². The van der Waals surface area contributed by atoms with Gasteiger partial charge in [0, 0.05) is 6.54 Å². The average molecular weight is 228 g/mol. The van der Waals surface area contributed by atoms with Gasteiger partial charge in [0.2, 0.25) is 0 Å². The van der Waals surface area contributed by atoms with Crippen LogP contribution in [0.4, 0.5) is 0 Å². The lowest BCUT2D eigenvalue weighted by Gasteiger charge is -2.21. The second-order valence-corrected chi connectivity index (χ2v) is 5.19. The Morgan fingerprint density at radius 3 is 2.60 bits per heavy atom. The predicted molar refractivity (Wildman–Crippen MR) is 70.1 cm³/mol. The summed E-state index contributed by atoms with van der Waals surface area (Å²) in [4.78, 5) is 3.27. The summed E-state index contributed by atoms with van der Waals surface area (Å²) in [6.45, 7) is 6.06. The third-order valence-electron chi connectivity index (χ3n) is 2.90. The van der Waals surface area contributed by atoms with Crippen molar-refractivity contribution in [1.82, 2.24) is 4.90 Å². The summed E-state index contributed by atoms with van der Waals surface area (Å²) >= 11 is 4.87. The van der Waals surface area contributed by atoms with Gasteiger partial charge in [-0.3, -0.25) is 0 Å². The first-order valence-corrected chi connectivity index (χ1v) is 6.64. The Hall–Kier alpha value is -0.150. The van der Waals surface area contributed by atoms with Gasteiger partial charge in [-0.05, 0) is 57.5 Å². The topological polar surface area (TPSA) is 29.3 Å². The van der Waals surface area contributed by atoms with Gasteiger partial charge >= 0.3 is 0 Å². The number of hydrogen-bond acceptors (Lipinski definition) is 2. The summed E-state index contributed by atoms with van der Waals surface area (Å²) in [7, 11) is 0. The van der Waals surface area contributed by atoms with Crippen molar-refractivity contribution in [2.24, 2.45) is 11.7 Å². The molecule has 0 spiro atoms. The van der Waals surface area contributed by atoms with Crippen LogP contribution in [-0.2, 0) is 0 Å². The molecule has 0 aromatic carbocycles. The molecule has 1 aliphatic carbocycles. The highest BCUT2D eigenvalue weighted by Gasteiger charge is 2.23. The Labute approximate surface area is 99.2 Å². The fraction of sp³-hybridized carbons (Fsp3) is 0.917. The quantitative estimate of drug-likeness (QED) is 0.486. The van der Waals surface area contributed by atoms with E-state index in [1.807, 2.05) is 0 Å². The molecule has 2 nitrogen and oxygen atoms in total. The van der Waals surface area contributed by atoms with Crippen LogP contribution in [0.1, 0.15) is 45.4 Å². The van der Waals surface area contributed by atoms with Gasteiger partial charge in [-0.15, -0.1) is 0 Å². The van der Waals surface area contributed by atoms with Crippen LogP contribution >= 0.6 is 12.2 Å². The molecule has 1 rings (SSSR count). The SMILES string of the molecule is CCCN(CCCCC(N)=S)CC1CC1. The van der Waals surface area contributed by atoms with E-state index >= 15 is 0 Å². The summed E-state index contributed by atoms with van der Waals surface area (Å²) in [5.41, 5.74) is 5.48. The fourth-order valence-electron chi connectivity index (χ4n) is 1.91. The largest absolute Gasteiger partial charge is 0.393 e. The number of hydrogen-bond donors (Lipinski definition) is 1.